The monoisotopic (exact) mass is 926 g/mol. The van der Waals surface area contributed by atoms with Gasteiger partial charge in [0.2, 0.25) is 0 Å². The van der Waals surface area contributed by atoms with Gasteiger partial charge in [-0.1, -0.05) is 105 Å². The fourth-order valence-corrected chi connectivity index (χ4v) is 8.46. The maximum absolute atomic E-state index is 13.6. The second-order valence-corrected chi connectivity index (χ2v) is 16.2. The molecule has 3 fully saturated rings. The highest BCUT2D eigenvalue weighted by molar-refractivity contribution is 5.90. The van der Waals surface area contributed by atoms with Crippen LogP contribution in [0.4, 0.5) is 0 Å². The normalized spacial score (nSPS) is 23.8. The number of ketones is 1. The molecule has 370 valence electrons. The molecule has 8 atom stereocenters. The van der Waals surface area contributed by atoms with Gasteiger partial charge in [-0.3, -0.25) is 19.2 Å². The summed E-state index contributed by atoms with van der Waals surface area (Å²) in [5.74, 6) is -1.90. The molecule has 2 aromatic carbocycles. The molecule has 0 spiro atoms. The molecule has 6 rings (SSSR count). The van der Waals surface area contributed by atoms with Crippen LogP contribution in [0.15, 0.2) is 97.1 Å². The number of methoxy groups -OCH3 is 1. The topological polar surface area (TPSA) is 223 Å². The van der Waals surface area contributed by atoms with Crippen LogP contribution in [-0.4, -0.2) is 109 Å². The lowest BCUT2D eigenvalue weighted by atomic mass is 9.50. The van der Waals surface area contributed by atoms with E-state index < -0.39 is 35.2 Å². The number of benzene rings is 2. The molecule has 1 saturated heterocycles. The third kappa shape index (κ3) is 20.2. The van der Waals surface area contributed by atoms with Crippen LogP contribution in [0.1, 0.15) is 110 Å². The number of carbonyl (C=O) groups excluding carboxylic acids is 4. The third-order valence-corrected chi connectivity index (χ3v) is 11.6. The van der Waals surface area contributed by atoms with Crippen LogP contribution in [0.2, 0.25) is 0 Å². The Morgan fingerprint density at radius 3 is 1.85 bits per heavy atom. The van der Waals surface area contributed by atoms with Crippen LogP contribution >= 0.6 is 0 Å². The number of aryl methyl sites for hydroxylation is 1. The molecule has 2 saturated carbocycles. The van der Waals surface area contributed by atoms with Crippen molar-refractivity contribution in [3.05, 3.63) is 108 Å². The maximum atomic E-state index is 13.6. The van der Waals surface area contributed by atoms with Gasteiger partial charge < -0.3 is 49.5 Å². The number of carboxylic acids is 2. The molecule has 2 aromatic rings. The van der Waals surface area contributed by atoms with E-state index in [0.717, 1.165) is 62.6 Å². The van der Waals surface area contributed by atoms with Crippen LogP contribution < -0.4 is 5.32 Å². The number of fused-ring (bicyclic) bond motifs is 5. The number of aldehydes is 2. The number of allylic oxidation sites excluding steroid dienone is 3. The molecule has 1 aliphatic heterocycles. The smallest absolute Gasteiger partial charge is 0.303 e. The summed E-state index contributed by atoms with van der Waals surface area (Å²) in [4.78, 5) is 62.8. The lowest BCUT2D eigenvalue weighted by molar-refractivity contribution is -0.244. The molecule has 1 heterocycles. The van der Waals surface area contributed by atoms with Gasteiger partial charge in [-0.2, -0.15) is 0 Å². The van der Waals surface area contributed by atoms with E-state index in [0.29, 0.717) is 45.2 Å². The van der Waals surface area contributed by atoms with E-state index in [2.05, 4.69) is 37.5 Å². The molecular weight excluding hydrogens is 847 g/mol. The van der Waals surface area contributed by atoms with Gasteiger partial charge in [-0.15, -0.1) is 13.2 Å². The molecule has 66 heavy (non-hydrogen) atoms. The largest absolute Gasteiger partial charge is 0.481 e. The number of ether oxygens (including phenoxy) is 3. The quantitative estimate of drug-likeness (QED) is 0.106. The van der Waals surface area contributed by atoms with Crippen molar-refractivity contribution >= 4 is 36.8 Å². The van der Waals surface area contributed by atoms with Crippen molar-refractivity contribution in [2.75, 3.05) is 27.9 Å². The van der Waals surface area contributed by atoms with Crippen molar-refractivity contribution in [1.29, 1.82) is 0 Å². The van der Waals surface area contributed by atoms with Gasteiger partial charge in [-0.25, -0.2) is 0 Å². The number of hydrogen-bond acceptors (Lipinski definition) is 12. The SMILES string of the molecule is C=CCC=C.CC(=O)O.CC=O.CCCC(=O)O.CN[C@H](CC=O)c1ccccc1.CO.COC1C(=O)C2CCC3OCC3C2[C@H](OC=O)C2(O)CCC(C)=C1C2(C)C.Cc1ccccc1. The summed E-state index contributed by atoms with van der Waals surface area (Å²) in [7, 11) is 4.43. The molecule has 0 amide bonds. The second-order valence-electron chi connectivity index (χ2n) is 16.2. The highest BCUT2D eigenvalue weighted by atomic mass is 16.5. The van der Waals surface area contributed by atoms with E-state index in [4.69, 9.17) is 39.1 Å². The van der Waals surface area contributed by atoms with Crippen molar-refractivity contribution in [2.45, 2.75) is 130 Å². The van der Waals surface area contributed by atoms with E-state index in [9.17, 15) is 24.3 Å². The predicted octanol–water partition coefficient (Wildman–Crippen LogP) is 8.09. The molecule has 4 aliphatic rings. The zero-order chi connectivity index (χ0) is 50.9. The predicted molar refractivity (Wildman–Crippen MR) is 258 cm³/mol. The summed E-state index contributed by atoms with van der Waals surface area (Å²) in [6.45, 7) is 20.3. The van der Waals surface area contributed by atoms with Crippen LogP contribution in [0.3, 0.4) is 0 Å². The average molecular weight is 926 g/mol. The van der Waals surface area contributed by atoms with Crippen molar-refractivity contribution in [2.24, 2.45) is 23.2 Å². The van der Waals surface area contributed by atoms with Crippen LogP contribution in [0.5, 0.6) is 0 Å². The van der Waals surface area contributed by atoms with Crippen molar-refractivity contribution in [3.8, 4) is 0 Å². The van der Waals surface area contributed by atoms with Gasteiger partial charge in [0, 0.05) is 63.2 Å². The molecule has 0 aromatic heterocycles. The van der Waals surface area contributed by atoms with E-state index in [1.807, 2.05) is 95.4 Å². The van der Waals surface area contributed by atoms with Gasteiger partial charge in [0.25, 0.3) is 12.4 Å². The van der Waals surface area contributed by atoms with E-state index in [-0.39, 0.29) is 35.7 Å². The average Bonchev–Trinajstić information content (AvgIpc) is 3.27. The highest BCUT2D eigenvalue weighted by Crippen LogP contribution is 2.58. The second kappa shape index (κ2) is 35.1. The number of Topliss-reactive ketones (excluding diaryl/α,β-unsaturated/α-hetero) is 1. The molecule has 5 N–H and O–H groups in total. The molecular formula is C52H79NO13. The molecule has 14 nitrogen and oxygen atoms in total. The van der Waals surface area contributed by atoms with Gasteiger partial charge in [-0.05, 0) is 77.5 Å². The van der Waals surface area contributed by atoms with Crippen LogP contribution in [-0.2, 0) is 43.0 Å². The number of rotatable bonds is 11. The fraction of sp³-hybridized carbons (Fsp3) is 0.538. The highest BCUT2D eigenvalue weighted by Gasteiger charge is 2.65. The number of nitrogens with one attached hydrogen (secondary N) is 1. The number of carbonyl (C=O) groups is 6. The summed E-state index contributed by atoms with van der Waals surface area (Å²) in [6.07, 6.45) is 9.13. The standard InChI is InChI=1S/C21H30O6.C10H13NO.C7H8.C5H8.C4H8O2.C2H4O2.C2H4O.CH4O/c1-11-7-8-21(24)19(27-10-22)15-12(5-6-14-13(15)9-26-14)17(23)18(25-4)16(11)20(21,2)3;1-11-10(7-8-12)9-5-3-2-4-6-9;1-7-5-3-2-4-6-7;1-3-5-4-2;1-2-3-4(5)6;1-2(3)4;1-2-3;1-2/h10,12-15,18-19,24H,5-9H2,1-4H3;2-6,8,10-11H,7H2,1H3;2-6H,1H3;3-4H,1-2,5H2;2-3H2,1H3,(H,5,6);1H3,(H,3,4);2H,1H3;2H,1H3/t12?,13?,14?,15?,18?,19-,21?;10-;;;;;;/m01....../s1. The fourth-order valence-electron chi connectivity index (χ4n) is 8.46. The van der Waals surface area contributed by atoms with E-state index in [1.165, 1.54) is 12.5 Å². The minimum absolute atomic E-state index is 0.0544. The first-order chi connectivity index (χ1) is 31.4. The first kappa shape index (κ1) is 63.0. The Morgan fingerprint density at radius 2 is 1.50 bits per heavy atom. The third-order valence-electron chi connectivity index (χ3n) is 11.6. The minimum atomic E-state index is -1.25. The van der Waals surface area contributed by atoms with Gasteiger partial charge in [0.15, 0.2) is 5.78 Å². The van der Waals surface area contributed by atoms with Crippen molar-refractivity contribution in [1.82, 2.24) is 5.32 Å². The van der Waals surface area contributed by atoms with Crippen molar-refractivity contribution < 1.29 is 63.4 Å². The Hall–Kier alpha value is -5.12. The first-order valence-electron chi connectivity index (χ1n) is 22.2. The maximum Gasteiger partial charge on any atom is 0.303 e. The first-order valence-corrected chi connectivity index (χ1v) is 22.2. The number of aliphatic hydroxyl groups excluding tert-OH is 1. The zero-order valence-electron chi connectivity index (χ0n) is 40.9. The Kier molecular flexibility index (Phi) is 33.5. The van der Waals surface area contributed by atoms with Crippen LogP contribution in [0.25, 0.3) is 0 Å². The Morgan fingerprint density at radius 1 is 0.970 bits per heavy atom. The van der Waals surface area contributed by atoms with Gasteiger partial charge in [0.05, 0.1) is 12.7 Å². The van der Waals surface area contributed by atoms with Crippen molar-refractivity contribution in [3.63, 3.8) is 0 Å². The van der Waals surface area contributed by atoms with Gasteiger partial charge in [0.1, 0.15) is 30.4 Å². The lowest BCUT2D eigenvalue weighted by Crippen LogP contribution is -2.69. The number of aliphatic hydroxyl groups is 2. The summed E-state index contributed by atoms with van der Waals surface area (Å²) in [5.41, 5.74) is 2.43. The number of aliphatic carboxylic acids is 2. The summed E-state index contributed by atoms with van der Waals surface area (Å²) >= 11 is 0. The van der Waals surface area contributed by atoms with E-state index >= 15 is 0 Å². The zero-order valence-corrected chi connectivity index (χ0v) is 40.9. The molecule has 3 aliphatic carbocycles. The molecule has 6 unspecified atom stereocenters. The minimum Gasteiger partial charge on any atom is -0.481 e. The summed E-state index contributed by atoms with van der Waals surface area (Å²) in [5, 5.41) is 37.4. The summed E-state index contributed by atoms with van der Waals surface area (Å²) in [6, 6.07) is 20.4. The van der Waals surface area contributed by atoms with Crippen LogP contribution in [0, 0.1) is 30.1 Å². The number of carboxylic acid groups (broad SMARTS) is 2. The Balaban J connectivity index is 0. The number of hydrogen-bond donors (Lipinski definition) is 5. The van der Waals surface area contributed by atoms with E-state index in [1.54, 1.807) is 7.11 Å². The molecule has 14 heteroatoms. The summed E-state index contributed by atoms with van der Waals surface area (Å²) < 4.78 is 17.1. The molecule has 0 radical (unpaired) electrons. The lowest BCUT2D eigenvalue weighted by Gasteiger charge is -2.60. The Labute approximate surface area is 393 Å². The van der Waals surface area contributed by atoms with Gasteiger partial charge >= 0.3 is 5.97 Å². The molecule has 2 bridgehead atoms. The Bertz CT molecular complexity index is 1740.